The van der Waals surface area contributed by atoms with Crippen molar-refractivity contribution in [3.8, 4) is 0 Å². The van der Waals surface area contributed by atoms with E-state index < -0.39 is 0 Å². The van der Waals surface area contributed by atoms with Crippen LogP contribution in [0.15, 0.2) is 36.7 Å². The maximum atomic E-state index is 9.59. The second-order valence-electron chi connectivity index (χ2n) is 9.21. The van der Waals surface area contributed by atoms with Gasteiger partial charge in [0.05, 0.1) is 24.4 Å². The van der Waals surface area contributed by atoms with Crippen molar-refractivity contribution < 1.29 is 34.8 Å². The van der Waals surface area contributed by atoms with E-state index in [1.165, 1.54) is 32.1 Å². The van der Waals surface area contributed by atoms with Gasteiger partial charge in [-0.1, -0.05) is 6.42 Å². The molecule has 29 heavy (non-hydrogen) atoms. The average molecular weight is 576 g/mol. The molecule has 2 N–H and O–H groups in total. The van der Waals surface area contributed by atoms with Gasteiger partial charge < -0.3 is 19.6 Å². The smallest absolute Gasteiger partial charge is 0.0849 e. The van der Waals surface area contributed by atoms with Gasteiger partial charge in [0.2, 0.25) is 0 Å². The number of aliphatic hydroxyl groups excluding tert-OH is 2. The summed E-state index contributed by atoms with van der Waals surface area (Å²) in [6.07, 6.45) is 14.8. The van der Waals surface area contributed by atoms with Crippen molar-refractivity contribution in [2.45, 2.75) is 76.0 Å². The summed E-state index contributed by atoms with van der Waals surface area (Å²) in [6.45, 7) is 2.31. The first kappa shape index (κ1) is 23.0. The molecule has 5 rings (SSSR count). The number of fused-ring (bicyclic) bond motifs is 1. The maximum Gasteiger partial charge on any atom is 0.0849 e. The number of aliphatic hydroxyl groups is 2. The van der Waals surface area contributed by atoms with Crippen LogP contribution in [0.25, 0.3) is 0 Å². The largest absolute Gasteiger partial charge is 0.463 e. The van der Waals surface area contributed by atoms with E-state index in [4.69, 9.17) is 0 Å². The van der Waals surface area contributed by atoms with Gasteiger partial charge in [0.25, 0.3) is 0 Å². The molecule has 1 aromatic rings. The summed E-state index contributed by atoms with van der Waals surface area (Å²) < 4.78 is 0.947. The van der Waals surface area contributed by atoms with Crippen molar-refractivity contribution in [3.63, 3.8) is 0 Å². The summed E-state index contributed by atoms with van der Waals surface area (Å²) in [7, 11) is 2.30. The quantitative estimate of drug-likeness (QED) is 0.411. The fourth-order valence-corrected chi connectivity index (χ4v) is 5.70. The second-order valence-corrected chi connectivity index (χ2v) is 9.21. The van der Waals surface area contributed by atoms with Crippen LogP contribution in [0.5, 0.6) is 0 Å². The van der Waals surface area contributed by atoms with Crippen LogP contribution < -0.4 is 4.90 Å². The van der Waals surface area contributed by atoms with Crippen LogP contribution in [0, 0.1) is 24.6 Å². The van der Waals surface area contributed by atoms with E-state index >= 15 is 0 Å². The molecule has 3 fully saturated rings. The molecule has 0 bridgehead atoms. The van der Waals surface area contributed by atoms with Gasteiger partial charge in [-0.25, -0.2) is 0 Å². The van der Waals surface area contributed by atoms with Crippen molar-refractivity contribution >= 4 is 5.69 Å². The van der Waals surface area contributed by atoms with Crippen LogP contribution in [-0.4, -0.2) is 40.0 Å². The minimum absolute atomic E-state index is 0. The van der Waals surface area contributed by atoms with Crippen molar-refractivity contribution in [1.29, 1.82) is 0 Å². The molecule has 5 atom stereocenters. The van der Waals surface area contributed by atoms with Crippen LogP contribution in [0.1, 0.15) is 57.8 Å². The van der Waals surface area contributed by atoms with Gasteiger partial charge in [0.1, 0.15) is 0 Å². The zero-order chi connectivity index (χ0) is 19.6. The molecule has 0 spiro atoms. The van der Waals surface area contributed by atoms with Gasteiger partial charge in [-0.15, -0.1) is 11.8 Å². The molecule has 4 nitrogen and oxygen atoms in total. The number of nitrogens with zero attached hydrogens (tertiary/aromatic N) is 2. The van der Waals surface area contributed by atoms with Crippen molar-refractivity contribution in [2.75, 3.05) is 11.9 Å². The Hall–Kier alpha value is -0.711. The van der Waals surface area contributed by atoms with Gasteiger partial charge >= 0.3 is 0 Å². The predicted molar refractivity (Wildman–Crippen MR) is 112 cm³/mol. The molecule has 1 aliphatic heterocycles. The molecule has 3 aliphatic carbocycles. The molecule has 4 aliphatic rings. The van der Waals surface area contributed by atoms with E-state index in [0.29, 0.717) is 5.92 Å². The number of rotatable bonds is 2. The maximum absolute atomic E-state index is 9.59. The number of anilines is 1. The van der Waals surface area contributed by atoms with E-state index in [-0.39, 0.29) is 38.2 Å². The Morgan fingerprint density at radius 1 is 1.00 bits per heavy atom. The van der Waals surface area contributed by atoms with E-state index in [9.17, 15) is 10.2 Å². The predicted octanol–water partition coefficient (Wildman–Crippen LogP) is 4.20. The molecule has 3 saturated carbocycles. The van der Waals surface area contributed by atoms with Gasteiger partial charge in [-0.05, 0) is 64.0 Å². The van der Waals surface area contributed by atoms with Crippen molar-refractivity contribution in [3.05, 3.63) is 49.4 Å². The Morgan fingerprint density at radius 3 is 2.45 bits per heavy atom. The van der Waals surface area contributed by atoms with Crippen LogP contribution in [0.4, 0.5) is 5.69 Å². The summed E-state index contributed by atoms with van der Waals surface area (Å²) in [5.74, 6) is 0.831. The van der Waals surface area contributed by atoms with Gasteiger partial charge in [-0.2, -0.15) is 24.3 Å². The minimum Gasteiger partial charge on any atom is -0.463 e. The third-order valence-corrected chi connectivity index (χ3v) is 7.34. The Balaban J connectivity index is 0.000000174. The Morgan fingerprint density at radius 2 is 1.76 bits per heavy atom. The van der Waals surface area contributed by atoms with Gasteiger partial charge in [0, 0.05) is 39.3 Å². The first-order chi connectivity index (χ1) is 13.6. The monoisotopic (exact) mass is 576 g/mol. The zero-order valence-electron chi connectivity index (χ0n) is 17.4. The first-order valence-electron chi connectivity index (χ1n) is 11.1. The van der Waals surface area contributed by atoms with Crippen LogP contribution in [-0.2, 0) is 20.1 Å². The molecule has 5 heteroatoms. The Bertz CT molecular complexity index is 662. The third-order valence-electron chi connectivity index (χ3n) is 7.34. The van der Waals surface area contributed by atoms with Gasteiger partial charge in [-0.3, -0.25) is 0 Å². The molecule has 0 saturated heterocycles. The zero-order valence-corrected chi connectivity index (χ0v) is 19.8. The van der Waals surface area contributed by atoms with E-state index in [1.54, 1.807) is 0 Å². The summed E-state index contributed by atoms with van der Waals surface area (Å²) in [6, 6.07) is 12.2. The van der Waals surface area contributed by atoms with Crippen LogP contribution in [0.3, 0.4) is 0 Å². The third kappa shape index (κ3) is 5.14. The fraction of sp³-hybridized carbons (Fsp3) is 0.625. The molecule has 1 aromatic carbocycles. The summed E-state index contributed by atoms with van der Waals surface area (Å²) in [5.41, 5.74) is 1.13. The molecule has 163 valence electrons. The van der Waals surface area contributed by atoms with Crippen LogP contribution in [0.2, 0.25) is 0 Å². The molecular formula is C24H35IrN2O2-. The average Bonchev–Trinajstić information content (AvgIpc) is 3.45. The first-order valence-corrected chi connectivity index (χ1v) is 11.1. The fourth-order valence-electron chi connectivity index (χ4n) is 5.70. The molecule has 1 radical (unpaired) electrons. The molecule has 0 amide bonds. The number of hydrogen-bond donors (Lipinski definition) is 2. The minimum atomic E-state index is -0.216. The number of para-hydroxylation sites is 1. The Labute approximate surface area is 189 Å². The summed E-state index contributed by atoms with van der Waals surface area (Å²) in [5, 5.41) is 19.1. The molecule has 0 aromatic heterocycles. The topological polar surface area (TPSA) is 43.7 Å². The summed E-state index contributed by atoms with van der Waals surface area (Å²) in [4.78, 5) is 2.19. The normalized spacial score (nSPS) is 36.3. The molecular weight excluding hydrogens is 540 g/mol. The standard InChI is InChI=1S/C15H19N2.C9H16O2.Ir/c1-17(15-9-5-6-10-15)12-11-16(13-17)14-7-3-2-4-8-14;10-7-3-1-2-6-4-5-8(11)9(6)7;/h2-4,7,11-13,15H,5-6,9-10H2,1H3;6-11H,1-5H2;/q-1;;. The Kier molecular flexibility index (Phi) is 7.97. The summed E-state index contributed by atoms with van der Waals surface area (Å²) >= 11 is 0. The van der Waals surface area contributed by atoms with E-state index in [1.807, 2.05) is 12.1 Å². The number of hydrogen-bond acceptors (Lipinski definition) is 3. The second kappa shape index (κ2) is 10.1. The van der Waals surface area contributed by atoms with Crippen molar-refractivity contribution in [1.82, 2.24) is 0 Å². The van der Waals surface area contributed by atoms with E-state index in [0.717, 1.165) is 41.9 Å². The SMILES string of the molecule is C[N+]1(C2CCCC2)C=CN(c2[c-]cccc2)[CH-]1.OC1CCCC2CCC(O)C12.[Ir]. The number of quaternary nitrogens is 1. The molecule has 5 unspecified atom stereocenters. The van der Waals surface area contributed by atoms with Crippen LogP contribution >= 0.6 is 0 Å². The molecule has 1 heterocycles. The van der Waals surface area contributed by atoms with E-state index in [2.05, 4.69) is 49.2 Å². The van der Waals surface area contributed by atoms with Gasteiger partial charge in [0.15, 0.2) is 0 Å². The number of benzene rings is 1. The van der Waals surface area contributed by atoms with Crippen molar-refractivity contribution in [2.24, 2.45) is 11.8 Å².